The van der Waals surface area contributed by atoms with E-state index in [1.165, 1.54) is 0 Å². The van der Waals surface area contributed by atoms with Gasteiger partial charge in [-0.05, 0) is 25.3 Å². The Morgan fingerprint density at radius 1 is 1.43 bits per heavy atom. The van der Waals surface area contributed by atoms with E-state index in [0.717, 1.165) is 24.1 Å². The second kappa shape index (κ2) is 5.99. The number of nitrogens with zero attached hydrogens (tertiary/aromatic N) is 2. The van der Waals surface area contributed by atoms with E-state index in [0.29, 0.717) is 12.4 Å². The van der Waals surface area contributed by atoms with Gasteiger partial charge in [0.25, 0.3) is 0 Å². The SMILES string of the molecule is Cc1coc(C2CCCN2C(=O)OCc2ccccc2)n1. The summed E-state index contributed by atoms with van der Waals surface area (Å²) in [5, 5.41) is 0. The van der Waals surface area contributed by atoms with Gasteiger partial charge in [0.15, 0.2) is 0 Å². The Balaban J connectivity index is 1.63. The fraction of sp³-hybridized carbons (Fsp3) is 0.375. The molecule has 1 unspecified atom stereocenters. The summed E-state index contributed by atoms with van der Waals surface area (Å²) >= 11 is 0. The zero-order valence-corrected chi connectivity index (χ0v) is 12.0. The van der Waals surface area contributed by atoms with Crippen molar-refractivity contribution in [2.75, 3.05) is 6.54 Å². The lowest BCUT2D eigenvalue weighted by Crippen LogP contribution is -2.31. The van der Waals surface area contributed by atoms with Crippen molar-refractivity contribution < 1.29 is 13.9 Å². The summed E-state index contributed by atoms with van der Waals surface area (Å²) in [5.41, 5.74) is 1.81. The van der Waals surface area contributed by atoms with Crippen LogP contribution in [0.15, 0.2) is 41.0 Å². The first-order valence-electron chi connectivity index (χ1n) is 7.13. The van der Waals surface area contributed by atoms with Gasteiger partial charge in [-0.15, -0.1) is 0 Å². The average molecular weight is 286 g/mol. The van der Waals surface area contributed by atoms with E-state index in [1.54, 1.807) is 11.2 Å². The van der Waals surface area contributed by atoms with Crippen LogP contribution in [0.25, 0.3) is 0 Å². The van der Waals surface area contributed by atoms with Gasteiger partial charge in [0, 0.05) is 6.54 Å². The number of carbonyl (C=O) groups is 1. The van der Waals surface area contributed by atoms with Gasteiger partial charge in [-0.2, -0.15) is 0 Å². The molecule has 1 aliphatic heterocycles. The molecule has 1 aromatic heterocycles. The molecule has 2 heterocycles. The van der Waals surface area contributed by atoms with Crippen molar-refractivity contribution >= 4 is 6.09 Å². The van der Waals surface area contributed by atoms with Gasteiger partial charge in [0.05, 0.1) is 5.69 Å². The molecule has 2 aromatic rings. The van der Waals surface area contributed by atoms with Crippen LogP contribution in [-0.2, 0) is 11.3 Å². The molecule has 3 rings (SSSR count). The number of carbonyl (C=O) groups excluding carboxylic acids is 1. The van der Waals surface area contributed by atoms with Crippen molar-refractivity contribution in [3.8, 4) is 0 Å². The molecule has 1 atom stereocenters. The summed E-state index contributed by atoms with van der Waals surface area (Å²) in [6.07, 6.45) is 3.10. The van der Waals surface area contributed by atoms with Crippen LogP contribution in [0.1, 0.15) is 36.0 Å². The molecule has 1 aliphatic rings. The van der Waals surface area contributed by atoms with Gasteiger partial charge in [-0.25, -0.2) is 9.78 Å². The molecule has 0 saturated carbocycles. The van der Waals surface area contributed by atoms with Gasteiger partial charge in [0.2, 0.25) is 5.89 Å². The number of oxazole rings is 1. The minimum atomic E-state index is -0.308. The Morgan fingerprint density at radius 3 is 2.95 bits per heavy atom. The van der Waals surface area contributed by atoms with Crippen LogP contribution in [0.3, 0.4) is 0 Å². The molecule has 0 radical (unpaired) electrons. The topological polar surface area (TPSA) is 55.6 Å². The third kappa shape index (κ3) is 3.07. The number of rotatable bonds is 3. The number of hydrogen-bond donors (Lipinski definition) is 0. The predicted molar refractivity (Wildman–Crippen MR) is 76.5 cm³/mol. The molecule has 1 amide bonds. The summed E-state index contributed by atoms with van der Waals surface area (Å²) in [6.45, 7) is 2.84. The van der Waals surface area contributed by atoms with Crippen LogP contribution in [0.4, 0.5) is 4.79 Å². The van der Waals surface area contributed by atoms with E-state index in [4.69, 9.17) is 9.15 Å². The van der Waals surface area contributed by atoms with Gasteiger partial charge in [-0.1, -0.05) is 30.3 Å². The molecule has 0 spiro atoms. The highest BCUT2D eigenvalue weighted by Gasteiger charge is 2.34. The molecule has 0 bridgehead atoms. The van der Waals surface area contributed by atoms with E-state index in [2.05, 4.69) is 4.98 Å². The first kappa shape index (κ1) is 13.7. The first-order valence-corrected chi connectivity index (χ1v) is 7.13. The van der Waals surface area contributed by atoms with Crippen LogP contribution in [0.5, 0.6) is 0 Å². The van der Waals surface area contributed by atoms with Crippen LogP contribution in [-0.4, -0.2) is 22.5 Å². The van der Waals surface area contributed by atoms with Gasteiger partial charge >= 0.3 is 6.09 Å². The maximum Gasteiger partial charge on any atom is 0.410 e. The lowest BCUT2D eigenvalue weighted by molar-refractivity contribution is 0.0878. The number of ether oxygens (including phenoxy) is 1. The lowest BCUT2D eigenvalue weighted by atomic mass is 10.2. The van der Waals surface area contributed by atoms with Crippen LogP contribution >= 0.6 is 0 Å². The summed E-state index contributed by atoms with van der Waals surface area (Å²) < 4.78 is 10.8. The monoisotopic (exact) mass is 286 g/mol. The Bertz CT molecular complexity index is 609. The van der Waals surface area contributed by atoms with Crippen molar-refractivity contribution in [2.24, 2.45) is 0 Å². The Morgan fingerprint density at radius 2 is 2.24 bits per heavy atom. The van der Waals surface area contributed by atoms with E-state index in [-0.39, 0.29) is 18.7 Å². The fourth-order valence-electron chi connectivity index (χ4n) is 2.57. The zero-order valence-electron chi connectivity index (χ0n) is 12.0. The van der Waals surface area contributed by atoms with Crippen molar-refractivity contribution in [3.05, 3.63) is 53.7 Å². The second-order valence-electron chi connectivity index (χ2n) is 5.22. The third-order valence-electron chi connectivity index (χ3n) is 3.61. The van der Waals surface area contributed by atoms with Gasteiger partial charge in [-0.3, -0.25) is 4.90 Å². The first-order chi connectivity index (χ1) is 10.2. The molecule has 21 heavy (non-hydrogen) atoms. The highest BCUT2D eigenvalue weighted by molar-refractivity contribution is 5.68. The number of aromatic nitrogens is 1. The lowest BCUT2D eigenvalue weighted by Gasteiger charge is -2.21. The number of benzene rings is 1. The smallest absolute Gasteiger partial charge is 0.410 e. The summed E-state index contributed by atoms with van der Waals surface area (Å²) in [7, 11) is 0. The Kier molecular flexibility index (Phi) is 3.90. The van der Waals surface area contributed by atoms with Crippen molar-refractivity contribution in [2.45, 2.75) is 32.4 Å². The quantitative estimate of drug-likeness (QED) is 0.867. The number of aryl methyl sites for hydroxylation is 1. The highest BCUT2D eigenvalue weighted by atomic mass is 16.6. The molecule has 1 fully saturated rings. The van der Waals surface area contributed by atoms with E-state index < -0.39 is 0 Å². The molecule has 5 heteroatoms. The standard InChI is InChI=1S/C16H18N2O3/c1-12-10-20-15(17-12)14-8-5-9-18(14)16(19)21-11-13-6-3-2-4-7-13/h2-4,6-7,10,14H,5,8-9,11H2,1H3. The highest BCUT2D eigenvalue weighted by Crippen LogP contribution is 2.31. The number of amides is 1. The molecule has 110 valence electrons. The number of likely N-dealkylation sites (tertiary alicyclic amines) is 1. The second-order valence-corrected chi connectivity index (χ2v) is 5.22. The van der Waals surface area contributed by atoms with Crippen LogP contribution in [0.2, 0.25) is 0 Å². The zero-order chi connectivity index (χ0) is 14.7. The molecular weight excluding hydrogens is 268 g/mol. The normalized spacial score (nSPS) is 18.0. The largest absolute Gasteiger partial charge is 0.446 e. The molecule has 1 saturated heterocycles. The van der Waals surface area contributed by atoms with E-state index in [9.17, 15) is 4.79 Å². The average Bonchev–Trinajstić information content (AvgIpc) is 3.14. The van der Waals surface area contributed by atoms with E-state index >= 15 is 0 Å². The minimum absolute atomic E-state index is 0.109. The Labute approximate surface area is 123 Å². The summed E-state index contributed by atoms with van der Waals surface area (Å²) in [5.74, 6) is 0.599. The van der Waals surface area contributed by atoms with Crippen molar-refractivity contribution in [1.82, 2.24) is 9.88 Å². The minimum Gasteiger partial charge on any atom is -0.446 e. The molecule has 1 aromatic carbocycles. The summed E-state index contributed by atoms with van der Waals surface area (Å²) in [6, 6.07) is 9.56. The van der Waals surface area contributed by atoms with E-state index in [1.807, 2.05) is 37.3 Å². The Hall–Kier alpha value is -2.30. The molecule has 0 N–H and O–H groups in total. The maximum absolute atomic E-state index is 12.2. The summed E-state index contributed by atoms with van der Waals surface area (Å²) in [4.78, 5) is 18.3. The molecule has 0 aliphatic carbocycles. The van der Waals surface area contributed by atoms with Crippen molar-refractivity contribution in [3.63, 3.8) is 0 Å². The molecule has 5 nitrogen and oxygen atoms in total. The van der Waals surface area contributed by atoms with Crippen LogP contribution in [0, 0.1) is 6.92 Å². The van der Waals surface area contributed by atoms with Crippen molar-refractivity contribution in [1.29, 1.82) is 0 Å². The molecular formula is C16H18N2O3. The van der Waals surface area contributed by atoms with Gasteiger partial charge < -0.3 is 9.15 Å². The maximum atomic E-state index is 12.2. The predicted octanol–water partition coefficient (Wildman–Crippen LogP) is 3.46. The third-order valence-corrected chi connectivity index (χ3v) is 3.61. The van der Waals surface area contributed by atoms with Gasteiger partial charge in [0.1, 0.15) is 18.9 Å². The van der Waals surface area contributed by atoms with Crippen LogP contribution < -0.4 is 0 Å². The fourth-order valence-corrected chi connectivity index (χ4v) is 2.57. The number of hydrogen-bond acceptors (Lipinski definition) is 4.